The van der Waals surface area contributed by atoms with Crippen LogP contribution in [0.3, 0.4) is 0 Å². The molecule has 1 rings (SSSR count). The third kappa shape index (κ3) is 3.21. The Morgan fingerprint density at radius 1 is 1.44 bits per heavy atom. The predicted molar refractivity (Wildman–Crippen MR) is 67.0 cm³/mol. The molecule has 0 aromatic rings. The van der Waals surface area contributed by atoms with Crippen LogP contribution < -0.4 is 5.73 Å². The Kier molecular flexibility index (Phi) is 4.36. The third-order valence-corrected chi connectivity index (χ3v) is 4.04. The van der Waals surface area contributed by atoms with Crippen LogP contribution in [-0.2, 0) is 4.79 Å². The maximum absolute atomic E-state index is 12.0. The number of likely N-dealkylation sites (tertiary alicyclic amines) is 1. The molecule has 1 heterocycles. The summed E-state index contributed by atoms with van der Waals surface area (Å²) in [6.07, 6.45) is 1.73. The predicted octanol–water partition coefficient (Wildman–Crippen LogP) is 1.87. The van der Waals surface area contributed by atoms with Gasteiger partial charge in [0.2, 0.25) is 5.91 Å². The first-order valence-corrected chi connectivity index (χ1v) is 6.36. The Labute approximate surface area is 99.4 Å². The zero-order chi connectivity index (χ0) is 12.3. The Morgan fingerprint density at radius 3 is 2.50 bits per heavy atom. The number of nitrogens with zero attached hydrogens (tertiary/aromatic N) is 1. The van der Waals surface area contributed by atoms with Gasteiger partial charge < -0.3 is 10.6 Å². The summed E-state index contributed by atoms with van der Waals surface area (Å²) in [6, 6.07) is 0. The molecule has 0 aliphatic carbocycles. The highest BCUT2D eigenvalue weighted by molar-refractivity contribution is 5.76. The van der Waals surface area contributed by atoms with Crippen LogP contribution in [-0.4, -0.2) is 30.4 Å². The van der Waals surface area contributed by atoms with Crippen molar-refractivity contribution in [3.63, 3.8) is 0 Å². The molecule has 3 heteroatoms. The lowest BCUT2D eigenvalue weighted by molar-refractivity contribution is -0.131. The van der Waals surface area contributed by atoms with Crippen LogP contribution in [0.1, 0.15) is 40.5 Å². The van der Waals surface area contributed by atoms with Gasteiger partial charge in [-0.05, 0) is 30.2 Å². The molecule has 3 nitrogen and oxygen atoms in total. The van der Waals surface area contributed by atoms with Crippen LogP contribution in [0.15, 0.2) is 0 Å². The second-order valence-electron chi connectivity index (χ2n) is 6.01. The molecule has 2 atom stereocenters. The first-order valence-electron chi connectivity index (χ1n) is 6.36. The van der Waals surface area contributed by atoms with Gasteiger partial charge in [-0.3, -0.25) is 4.79 Å². The summed E-state index contributed by atoms with van der Waals surface area (Å²) in [7, 11) is 0. The van der Waals surface area contributed by atoms with E-state index in [1.807, 2.05) is 4.90 Å². The zero-order valence-electron chi connectivity index (χ0n) is 11.1. The first-order chi connectivity index (χ1) is 7.38. The molecule has 0 spiro atoms. The van der Waals surface area contributed by atoms with E-state index in [-0.39, 0.29) is 5.41 Å². The molecule has 94 valence electrons. The lowest BCUT2D eigenvalue weighted by Gasteiger charge is -2.24. The fourth-order valence-corrected chi connectivity index (χ4v) is 2.04. The molecule has 0 aromatic heterocycles. The van der Waals surface area contributed by atoms with E-state index >= 15 is 0 Å². The lowest BCUT2D eigenvalue weighted by atomic mass is 9.90. The van der Waals surface area contributed by atoms with Crippen molar-refractivity contribution >= 4 is 5.91 Å². The number of amides is 1. The van der Waals surface area contributed by atoms with E-state index in [0.717, 1.165) is 19.5 Å². The summed E-state index contributed by atoms with van der Waals surface area (Å²) in [5, 5.41) is 0. The normalized spacial score (nSPS) is 27.5. The summed E-state index contributed by atoms with van der Waals surface area (Å²) < 4.78 is 0. The van der Waals surface area contributed by atoms with Crippen LogP contribution in [0.25, 0.3) is 0 Å². The average molecular weight is 226 g/mol. The molecule has 1 aliphatic heterocycles. The minimum absolute atomic E-state index is 0.150. The van der Waals surface area contributed by atoms with Crippen LogP contribution in [0, 0.1) is 17.3 Å². The molecular formula is C13H26N2O. The largest absolute Gasteiger partial charge is 0.342 e. The second-order valence-corrected chi connectivity index (χ2v) is 6.01. The molecule has 16 heavy (non-hydrogen) atoms. The molecule has 0 bridgehead atoms. The number of rotatable bonds is 4. The zero-order valence-corrected chi connectivity index (χ0v) is 11.1. The van der Waals surface area contributed by atoms with Crippen molar-refractivity contribution in [2.24, 2.45) is 23.0 Å². The van der Waals surface area contributed by atoms with E-state index in [2.05, 4.69) is 27.7 Å². The molecule has 0 aromatic carbocycles. The summed E-state index contributed by atoms with van der Waals surface area (Å²) >= 11 is 0. The molecule has 0 radical (unpaired) electrons. The van der Waals surface area contributed by atoms with Crippen LogP contribution >= 0.6 is 0 Å². The summed E-state index contributed by atoms with van der Waals surface area (Å²) in [5.74, 6) is 1.35. The number of carbonyl (C=O) groups excluding carboxylic acids is 1. The van der Waals surface area contributed by atoms with E-state index < -0.39 is 0 Å². The standard InChI is InChI=1S/C13H26N2O/c1-10(2)11(3)7-12(16)15-6-5-13(4,8-14)9-15/h10-11H,5-9,14H2,1-4H3. The minimum atomic E-state index is 0.150. The Morgan fingerprint density at radius 2 is 2.06 bits per heavy atom. The average Bonchev–Trinajstić information content (AvgIpc) is 2.62. The van der Waals surface area contributed by atoms with Crippen molar-refractivity contribution in [1.82, 2.24) is 4.90 Å². The topological polar surface area (TPSA) is 46.3 Å². The van der Waals surface area contributed by atoms with Crippen molar-refractivity contribution in [2.75, 3.05) is 19.6 Å². The number of hydrogen-bond donors (Lipinski definition) is 1. The monoisotopic (exact) mass is 226 g/mol. The van der Waals surface area contributed by atoms with Gasteiger partial charge in [0.15, 0.2) is 0 Å². The molecule has 2 N–H and O–H groups in total. The lowest BCUT2D eigenvalue weighted by Crippen LogP contribution is -2.35. The quantitative estimate of drug-likeness (QED) is 0.795. The summed E-state index contributed by atoms with van der Waals surface area (Å²) in [4.78, 5) is 14.0. The SMILES string of the molecule is CC(C)C(C)CC(=O)N1CCC(C)(CN)C1. The van der Waals surface area contributed by atoms with Crippen molar-refractivity contribution in [1.29, 1.82) is 0 Å². The first kappa shape index (κ1) is 13.5. The number of carbonyl (C=O) groups is 1. The van der Waals surface area contributed by atoms with Gasteiger partial charge in [0, 0.05) is 19.5 Å². The Balaban J connectivity index is 2.45. The highest BCUT2D eigenvalue weighted by Gasteiger charge is 2.35. The number of hydrogen-bond acceptors (Lipinski definition) is 2. The fourth-order valence-electron chi connectivity index (χ4n) is 2.04. The van der Waals surface area contributed by atoms with E-state index in [4.69, 9.17) is 5.73 Å². The van der Waals surface area contributed by atoms with E-state index in [1.54, 1.807) is 0 Å². The van der Waals surface area contributed by atoms with Gasteiger partial charge in [-0.15, -0.1) is 0 Å². The maximum atomic E-state index is 12.0. The highest BCUT2D eigenvalue weighted by Crippen LogP contribution is 2.29. The van der Waals surface area contributed by atoms with Crippen LogP contribution in [0.2, 0.25) is 0 Å². The smallest absolute Gasteiger partial charge is 0.222 e. The van der Waals surface area contributed by atoms with Crippen molar-refractivity contribution in [2.45, 2.75) is 40.5 Å². The van der Waals surface area contributed by atoms with Crippen molar-refractivity contribution < 1.29 is 4.79 Å². The van der Waals surface area contributed by atoms with Gasteiger partial charge in [-0.2, -0.15) is 0 Å². The van der Waals surface area contributed by atoms with Gasteiger partial charge in [-0.1, -0.05) is 27.7 Å². The van der Waals surface area contributed by atoms with Gasteiger partial charge in [0.1, 0.15) is 0 Å². The molecule has 1 amide bonds. The molecule has 0 saturated carbocycles. The molecular weight excluding hydrogens is 200 g/mol. The van der Waals surface area contributed by atoms with Crippen molar-refractivity contribution in [3.8, 4) is 0 Å². The minimum Gasteiger partial charge on any atom is -0.342 e. The van der Waals surface area contributed by atoms with E-state index in [0.29, 0.717) is 30.7 Å². The maximum Gasteiger partial charge on any atom is 0.222 e. The van der Waals surface area contributed by atoms with Crippen molar-refractivity contribution in [3.05, 3.63) is 0 Å². The third-order valence-electron chi connectivity index (χ3n) is 4.04. The Bertz CT molecular complexity index is 252. The number of nitrogens with two attached hydrogens (primary N) is 1. The van der Waals surface area contributed by atoms with E-state index in [9.17, 15) is 4.79 Å². The van der Waals surface area contributed by atoms with Crippen LogP contribution in [0.4, 0.5) is 0 Å². The Hall–Kier alpha value is -0.570. The molecule has 1 saturated heterocycles. The highest BCUT2D eigenvalue weighted by atomic mass is 16.2. The molecule has 1 fully saturated rings. The van der Waals surface area contributed by atoms with Gasteiger partial charge in [0.25, 0.3) is 0 Å². The summed E-state index contributed by atoms with van der Waals surface area (Å²) in [6.45, 7) is 11.1. The summed E-state index contributed by atoms with van der Waals surface area (Å²) in [5.41, 5.74) is 5.89. The molecule has 1 aliphatic rings. The second kappa shape index (κ2) is 5.17. The van der Waals surface area contributed by atoms with Gasteiger partial charge in [-0.25, -0.2) is 0 Å². The van der Waals surface area contributed by atoms with Gasteiger partial charge in [0.05, 0.1) is 0 Å². The van der Waals surface area contributed by atoms with E-state index in [1.165, 1.54) is 0 Å². The van der Waals surface area contributed by atoms with Crippen LogP contribution in [0.5, 0.6) is 0 Å². The molecule has 2 unspecified atom stereocenters. The fraction of sp³-hybridized carbons (Fsp3) is 0.923. The van der Waals surface area contributed by atoms with Gasteiger partial charge >= 0.3 is 0 Å².